The molecule has 2 aromatic carbocycles. The molecule has 1 atom stereocenters. The summed E-state index contributed by atoms with van der Waals surface area (Å²) >= 11 is 0. The monoisotopic (exact) mass is 611 g/mol. The number of fused-ring (bicyclic) bond motifs is 2. The summed E-state index contributed by atoms with van der Waals surface area (Å²) in [7, 11) is -5.05. The van der Waals surface area contributed by atoms with Crippen molar-refractivity contribution in [2.45, 2.75) is 57.0 Å². The van der Waals surface area contributed by atoms with E-state index >= 15 is 0 Å². The second-order valence-corrected chi connectivity index (χ2v) is 19.8. The number of imidazole rings is 1. The Hall–Kier alpha value is -3.84. The summed E-state index contributed by atoms with van der Waals surface area (Å²) < 4.78 is 29.0. The Morgan fingerprint density at radius 3 is 2.48 bits per heavy atom. The quantitative estimate of drug-likeness (QED) is 0.245. The van der Waals surface area contributed by atoms with Crippen LogP contribution in [-0.4, -0.2) is 76.9 Å². The van der Waals surface area contributed by atoms with Gasteiger partial charge in [-0.25, -0.2) is 26.8 Å². The van der Waals surface area contributed by atoms with E-state index in [9.17, 15) is 27.9 Å². The second kappa shape index (κ2) is 11.4. The lowest BCUT2D eigenvalue weighted by molar-refractivity contribution is -0.139. The van der Waals surface area contributed by atoms with Gasteiger partial charge in [-0.1, -0.05) is 37.8 Å². The lowest BCUT2D eigenvalue weighted by Crippen LogP contribution is -2.51. The zero-order chi connectivity index (χ0) is 30.2. The predicted molar refractivity (Wildman–Crippen MR) is 165 cm³/mol. The summed E-state index contributed by atoms with van der Waals surface area (Å²) in [5.74, 6) is -1.08. The van der Waals surface area contributed by atoms with Gasteiger partial charge >= 0.3 is 17.7 Å². The maximum absolute atomic E-state index is 13.0. The molecule has 1 aliphatic heterocycles. The van der Waals surface area contributed by atoms with Crippen molar-refractivity contribution in [1.29, 1.82) is 0 Å². The first-order valence-electron chi connectivity index (χ1n) is 14.1. The fourth-order valence-electron chi connectivity index (χ4n) is 5.51. The number of carbonyl (C=O) groups is 2. The van der Waals surface area contributed by atoms with Gasteiger partial charge in [0.15, 0.2) is 0 Å². The summed E-state index contributed by atoms with van der Waals surface area (Å²) in [5, 5.41) is 13.2. The Bertz CT molecular complexity index is 1790. The number of amides is 2. The van der Waals surface area contributed by atoms with Gasteiger partial charge in [0.05, 0.1) is 22.3 Å². The van der Waals surface area contributed by atoms with Crippen LogP contribution in [0.5, 0.6) is 0 Å². The summed E-state index contributed by atoms with van der Waals surface area (Å²) in [4.78, 5) is 42.2. The van der Waals surface area contributed by atoms with E-state index in [-0.39, 0.29) is 23.9 Å². The molecule has 5 rings (SSSR count). The fourth-order valence-corrected chi connectivity index (χ4v) is 9.90. The molecule has 13 heteroatoms. The van der Waals surface area contributed by atoms with Crippen LogP contribution in [0.15, 0.2) is 59.5 Å². The van der Waals surface area contributed by atoms with Crippen molar-refractivity contribution in [2.24, 2.45) is 0 Å². The van der Waals surface area contributed by atoms with Crippen LogP contribution < -0.4 is 11.0 Å². The lowest BCUT2D eigenvalue weighted by atomic mass is 10.0. The number of carboxylic acids is 1. The number of rotatable bonds is 9. The van der Waals surface area contributed by atoms with Crippen LogP contribution in [0.2, 0.25) is 25.7 Å². The number of benzene rings is 2. The van der Waals surface area contributed by atoms with E-state index in [0.717, 1.165) is 11.0 Å². The zero-order valence-corrected chi connectivity index (χ0v) is 25.9. The number of nitrogens with zero attached hydrogens (tertiary/aromatic N) is 3. The van der Waals surface area contributed by atoms with Crippen molar-refractivity contribution < 1.29 is 23.1 Å². The maximum atomic E-state index is 13.0. The number of H-pyrrole nitrogens is 1. The van der Waals surface area contributed by atoms with Gasteiger partial charge in [0.25, 0.3) is 0 Å². The first-order valence-corrected chi connectivity index (χ1v) is 19.4. The van der Waals surface area contributed by atoms with Crippen molar-refractivity contribution in [1.82, 2.24) is 23.7 Å². The number of urea groups is 1. The molecule has 0 aliphatic carbocycles. The van der Waals surface area contributed by atoms with Gasteiger partial charge in [0.1, 0.15) is 6.04 Å². The van der Waals surface area contributed by atoms with Gasteiger partial charge < -0.3 is 20.3 Å². The van der Waals surface area contributed by atoms with Crippen molar-refractivity contribution in [2.75, 3.05) is 18.8 Å². The van der Waals surface area contributed by atoms with Crippen LogP contribution in [0.4, 0.5) is 4.79 Å². The molecule has 4 aromatic rings. The van der Waals surface area contributed by atoms with E-state index in [1.807, 2.05) is 24.3 Å². The number of likely N-dealkylation sites (tertiary alicyclic amines) is 1. The molecule has 11 nitrogen and oxygen atoms in total. The third-order valence-electron chi connectivity index (χ3n) is 7.91. The molecule has 3 N–H and O–H groups in total. The molecule has 0 radical (unpaired) electrons. The number of aromatic amines is 1. The molecule has 2 amide bonds. The number of para-hydroxylation sites is 2. The van der Waals surface area contributed by atoms with E-state index < -0.39 is 36.1 Å². The topological polar surface area (TPSA) is 146 Å². The van der Waals surface area contributed by atoms with Crippen molar-refractivity contribution >= 4 is 52.0 Å². The first kappa shape index (κ1) is 29.6. The normalized spacial score (nSPS) is 15.7. The summed E-state index contributed by atoms with van der Waals surface area (Å²) in [6, 6.07) is 13.3. The standard InChI is InChI=1S/C29H37N5O6SSi/c1-42(2,3)17-16-41(39,40)33-15-10-21-18-20(8-9-25(21)33)19-24(27(35)36)31-28(37)32-13-11-22(12-14-32)34-26-7-5-4-6-23(26)30-29(34)38/h4-10,15,18,22,24H,11-14,16-17,19H2,1-3H3,(H,30,38)(H,31,37)(H,35,36). The molecule has 1 saturated heterocycles. The smallest absolute Gasteiger partial charge is 0.326 e. The number of aromatic nitrogens is 3. The molecule has 42 heavy (non-hydrogen) atoms. The summed E-state index contributed by atoms with van der Waals surface area (Å²) in [6.45, 7) is 7.18. The molecule has 1 fully saturated rings. The van der Waals surface area contributed by atoms with E-state index in [0.29, 0.717) is 48.4 Å². The Morgan fingerprint density at radius 2 is 1.79 bits per heavy atom. The van der Waals surface area contributed by atoms with Crippen LogP contribution in [0.1, 0.15) is 24.4 Å². The molecule has 224 valence electrons. The van der Waals surface area contributed by atoms with E-state index in [1.165, 1.54) is 3.97 Å². The van der Waals surface area contributed by atoms with E-state index in [2.05, 4.69) is 29.9 Å². The number of nitrogens with one attached hydrogen (secondary N) is 2. The highest BCUT2D eigenvalue weighted by atomic mass is 32.2. The minimum atomic E-state index is -3.51. The molecule has 0 bridgehead atoms. The fraction of sp³-hybridized carbons (Fsp3) is 0.414. The molecule has 0 spiro atoms. The number of piperidine rings is 1. The van der Waals surface area contributed by atoms with Gasteiger partial charge in [-0.05, 0) is 54.8 Å². The minimum absolute atomic E-state index is 0.0474. The van der Waals surface area contributed by atoms with Gasteiger partial charge in [-0.15, -0.1) is 0 Å². The van der Waals surface area contributed by atoms with Crippen LogP contribution >= 0.6 is 0 Å². The molecule has 1 unspecified atom stereocenters. The summed E-state index contributed by atoms with van der Waals surface area (Å²) in [6.07, 6.45) is 2.73. The summed E-state index contributed by atoms with van der Waals surface area (Å²) in [5.41, 5.74) is 2.63. The van der Waals surface area contributed by atoms with Crippen LogP contribution in [0.25, 0.3) is 21.9 Å². The highest BCUT2D eigenvalue weighted by Crippen LogP contribution is 2.25. The molecule has 0 saturated carbocycles. The van der Waals surface area contributed by atoms with Gasteiger partial charge in [-0.2, -0.15) is 0 Å². The van der Waals surface area contributed by atoms with E-state index in [1.54, 1.807) is 39.9 Å². The highest BCUT2D eigenvalue weighted by Gasteiger charge is 2.29. The first-order chi connectivity index (χ1) is 19.8. The SMILES string of the molecule is C[Si](C)(C)CCS(=O)(=O)n1ccc2cc(CC(NC(=O)N3CCC(n4c(=O)[nH]c5ccccc54)CC3)C(=O)O)ccc21. The Morgan fingerprint density at radius 1 is 1.07 bits per heavy atom. The van der Waals surface area contributed by atoms with Gasteiger partial charge in [0.2, 0.25) is 10.0 Å². The van der Waals surface area contributed by atoms with Crippen LogP contribution in [0.3, 0.4) is 0 Å². The third kappa shape index (κ3) is 6.31. The van der Waals surface area contributed by atoms with Gasteiger partial charge in [-0.3, -0.25) is 4.57 Å². The molecule has 1 aliphatic rings. The zero-order valence-electron chi connectivity index (χ0n) is 24.0. The average Bonchev–Trinajstić information content (AvgIpc) is 3.51. The molecular formula is C29H37N5O6SSi. The lowest BCUT2D eigenvalue weighted by Gasteiger charge is -2.33. The molecule has 3 heterocycles. The second-order valence-electron chi connectivity index (χ2n) is 12.2. The number of carbonyl (C=O) groups excluding carboxylic acids is 1. The van der Waals surface area contributed by atoms with Crippen LogP contribution in [0, 0.1) is 0 Å². The van der Waals surface area contributed by atoms with Gasteiger partial charge in [0, 0.05) is 45.2 Å². The maximum Gasteiger partial charge on any atom is 0.326 e. The number of carboxylic acid groups (broad SMARTS) is 1. The average molecular weight is 612 g/mol. The third-order valence-corrected chi connectivity index (χ3v) is 11.7. The van der Waals surface area contributed by atoms with Crippen molar-refractivity contribution in [3.63, 3.8) is 0 Å². The molecule has 2 aromatic heterocycles. The van der Waals surface area contributed by atoms with Crippen molar-refractivity contribution in [3.8, 4) is 0 Å². The minimum Gasteiger partial charge on any atom is -0.480 e. The number of aliphatic carboxylic acids is 1. The number of hydrogen-bond acceptors (Lipinski definition) is 5. The Kier molecular flexibility index (Phi) is 8.08. The highest BCUT2D eigenvalue weighted by molar-refractivity contribution is 7.90. The van der Waals surface area contributed by atoms with E-state index in [4.69, 9.17) is 0 Å². The molecular weight excluding hydrogens is 575 g/mol. The largest absolute Gasteiger partial charge is 0.480 e. The number of hydrogen-bond donors (Lipinski definition) is 3. The Labute approximate surface area is 245 Å². The van der Waals surface area contributed by atoms with Crippen LogP contribution in [-0.2, 0) is 21.2 Å². The Balaban J connectivity index is 1.23. The predicted octanol–water partition coefficient (Wildman–Crippen LogP) is 3.84. The van der Waals surface area contributed by atoms with Crippen molar-refractivity contribution in [3.05, 3.63) is 70.8 Å².